The molecule has 0 unspecified atom stereocenters. The molecule has 180 valence electrons. The number of halogens is 2. The Kier molecular flexibility index (Phi) is 8.06. The van der Waals surface area contributed by atoms with E-state index >= 15 is 0 Å². The van der Waals surface area contributed by atoms with Gasteiger partial charge in [-0.1, -0.05) is 59.1 Å². The predicted molar refractivity (Wildman–Crippen MR) is 146 cm³/mol. The lowest BCUT2D eigenvalue weighted by molar-refractivity contribution is -0.113. The monoisotopic (exact) mass is 525 g/mol. The summed E-state index contributed by atoms with van der Waals surface area (Å²) in [5, 5.41) is 7.79. The lowest BCUT2D eigenvalue weighted by Crippen LogP contribution is -2.27. The first kappa shape index (κ1) is 25.2. The van der Waals surface area contributed by atoms with Crippen LogP contribution in [0.5, 0.6) is 0 Å². The highest BCUT2D eigenvalue weighted by atomic mass is 35.5. The number of thioether (sulfide) groups is 1. The second-order valence-corrected chi connectivity index (χ2v) is 10.1. The number of anilines is 1. The van der Waals surface area contributed by atoms with Gasteiger partial charge in [-0.2, -0.15) is 0 Å². The van der Waals surface area contributed by atoms with Crippen LogP contribution in [0, 0.1) is 13.8 Å². The molecule has 5 nitrogen and oxygen atoms in total. The van der Waals surface area contributed by atoms with E-state index in [1.165, 1.54) is 11.8 Å². The van der Waals surface area contributed by atoms with Crippen molar-refractivity contribution in [2.45, 2.75) is 25.3 Å². The zero-order valence-corrected chi connectivity index (χ0v) is 21.7. The van der Waals surface area contributed by atoms with Crippen molar-refractivity contribution in [3.8, 4) is 0 Å². The molecule has 0 fully saturated rings. The summed E-state index contributed by atoms with van der Waals surface area (Å²) in [6.45, 7) is 5.02. The molecule has 0 aliphatic carbocycles. The normalized spacial score (nSPS) is 11.0. The van der Waals surface area contributed by atoms with Crippen molar-refractivity contribution in [1.29, 1.82) is 0 Å². The summed E-state index contributed by atoms with van der Waals surface area (Å²) in [6.07, 6.45) is 2.03. The number of hydrogen-bond donors (Lipinski definition) is 2. The molecule has 4 rings (SSSR count). The quantitative estimate of drug-likeness (QED) is 0.251. The minimum absolute atomic E-state index is 0.0501. The Balaban J connectivity index is 1.39. The zero-order valence-electron chi connectivity index (χ0n) is 19.4. The van der Waals surface area contributed by atoms with E-state index < -0.39 is 0 Å². The summed E-state index contributed by atoms with van der Waals surface area (Å²) >= 11 is 13.6. The van der Waals surface area contributed by atoms with Crippen LogP contribution in [0.3, 0.4) is 0 Å². The number of carbonyl (C=O) groups excluding carboxylic acids is 2. The molecular weight excluding hydrogens is 501 g/mol. The average molecular weight is 526 g/mol. The third kappa shape index (κ3) is 6.20. The molecule has 0 spiro atoms. The molecule has 2 N–H and O–H groups in total. The number of aromatic nitrogens is 1. The van der Waals surface area contributed by atoms with Crippen molar-refractivity contribution in [3.05, 3.63) is 93.6 Å². The lowest BCUT2D eigenvalue weighted by Gasteiger charge is -2.09. The van der Waals surface area contributed by atoms with Gasteiger partial charge in [-0.25, -0.2) is 0 Å². The van der Waals surface area contributed by atoms with Crippen molar-refractivity contribution < 1.29 is 9.59 Å². The fraction of sp³-hybridized carbons (Fsp3) is 0.185. The van der Waals surface area contributed by atoms with Crippen LogP contribution in [0.4, 0.5) is 5.69 Å². The van der Waals surface area contributed by atoms with E-state index in [0.717, 1.165) is 32.6 Å². The Bertz CT molecular complexity index is 1400. The average Bonchev–Trinajstić information content (AvgIpc) is 3.17. The van der Waals surface area contributed by atoms with Gasteiger partial charge in [0.1, 0.15) is 0 Å². The molecule has 0 atom stereocenters. The lowest BCUT2D eigenvalue weighted by atomic mass is 10.1. The number of rotatable bonds is 8. The first-order valence-corrected chi connectivity index (χ1v) is 12.9. The van der Waals surface area contributed by atoms with Crippen LogP contribution in [-0.4, -0.2) is 28.7 Å². The summed E-state index contributed by atoms with van der Waals surface area (Å²) in [7, 11) is 0. The van der Waals surface area contributed by atoms with Gasteiger partial charge in [0, 0.05) is 45.8 Å². The maximum absolute atomic E-state index is 12.6. The number of carbonyl (C=O) groups is 2. The largest absolute Gasteiger partial charge is 0.350 e. The molecule has 1 heterocycles. The molecule has 0 saturated carbocycles. The van der Waals surface area contributed by atoms with Gasteiger partial charge >= 0.3 is 0 Å². The standard InChI is InChI=1S/C27H25Cl2N3O2S/c1-17-7-10-23(18(2)13-17)31-26(33)16-35-25-15-32(24-6-4-3-5-21(24)25)12-11-30-27(34)20-9-8-19(28)14-22(20)29/h3-10,13-15H,11-12,16H2,1-2H3,(H,30,34)(H,31,33). The third-order valence-electron chi connectivity index (χ3n) is 5.58. The van der Waals surface area contributed by atoms with Crippen LogP contribution in [0.1, 0.15) is 21.5 Å². The summed E-state index contributed by atoms with van der Waals surface area (Å²) in [6, 6.07) is 18.8. The third-order valence-corrected chi connectivity index (χ3v) is 7.17. The topological polar surface area (TPSA) is 63.1 Å². The van der Waals surface area contributed by atoms with Gasteiger partial charge in [-0.05, 0) is 49.7 Å². The molecule has 1 aromatic heterocycles. The van der Waals surface area contributed by atoms with E-state index in [2.05, 4.69) is 21.3 Å². The van der Waals surface area contributed by atoms with Crippen molar-refractivity contribution in [3.63, 3.8) is 0 Å². The molecule has 0 aliphatic rings. The Hall–Kier alpha value is -2.93. The second kappa shape index (κ2) is 11.2. The van der Waals surface area contributed by atoms with Gasteiger partial charge in [0.2, 0.25) is 5.91 Å². The molecule has 0 aliphatic heterocycles. The fourth-order valence-electron chi connectivity index (χ4n) is 3.86. The maximum atomic E-state index is 12.6. The van der Waals surface area contributed by atoms with Crippen LogP contribution in [-0.2, 0) is 11.3 Å². The number of hydrogen-bond acceptors (Lipinski definition) is 3. The fourth-order valence-corrected chi connectivity index (χ4v) is 5.24. The van der Waals surface area contributed by atoms with Crippen LogP contribution in [0.25, 0.3) is 10.9 Å². The van der Waals surface area contributed by atoms with Gasteiger partial charge in [0.05, 0.1) is 16.3 Å². The minimum atomic E-state index is -0.249. The number of nitrogens with one attached hydrogen (secondary N) is 2. The molecule has 0 bridgehead atoms. The van der Waals surface area contributed by atoms with E-state index in [-0.39, 0.29) is 11.8 Å². The summed E-state index contributed by atoms with van der Waals surface area (Å²) in [5.74, 6) is -0.000627. The second-order valence-electron chi connectivity index (χ2n) is 8.24. The minimum Gasteiger partial charge on any atom is -0.350 e. The Morgan fingerprint density at radius 3 is 2.57 bits per heavy atom. The smallest absolute Gasteiger partial charge is 0.252 e. The number of aryl methyl sites for hydroxylation is 2. The van der Waals surface area contributed by atoms with Gasteiger partial charge in [-0.15, -0.1) is 11.8 Å². The van der Waals surface area contributed by atoms with Gasteiger partial charge in [0.15, 0.2) is 0 Å². The van der Waals surface area contributed by atoms with Crippen LogP contribution in [0.2, 0.25) is 10.0 Å². The van der Waals surface area contributed by atoms with E-state index in [9.17, 15) is 9.59 Å². The summed E-state index contributed by atoms with van der Waals surface area (Å²) < 4.78 is 2.09. The molecule has 0 saturated heterocycles. The van der Waals surface area contributed by atoms with Crippen LogP contribution < -0.4 is 10.6 Å². The van der Waals surface area contributed by atoms with Crippen LogP contribution in [0.15, 0.2) is 71.8 Å². The predicted octanol–water partition coefficient (Wildman–Crippen LogP) is 6.73. The van der Waals surface area contributed by atoms with Gasteiger partial charge in [-0.3, -0.25) is 9.59 Å². The SMILES string of the molecule is Cc1ccc(NC(=O)CSc2cn(CCNC(=O)c3ccc(Cl)cc3Cl)c3ccccc23)c(C)c1. The van der Waals surface area contributed by atoms with Gasteiger partial charge in [0.25, 0.3) is 5.91 Å². The highest BCUT2D eigenvalue weighted by molar-refractivity contribution is 8.00. The molecule has 0 radical (unpaired) electrons. The van der Waals surface area contributed by atoms with Crippen molar-refractivity contribution in [1.82, 2.24) is 9.88 Å². The van der Waals surface area contributed by atoms with E-state index in [1.54, 1.807) is 18.2 Å². The van der Waals surface area contributed by atoms with Crippen molar-refractivity contribution in [2.24, 2.45) is 0 Å². The van der Waals surface area contributed by atoms with Crippen molar-refractivity contribution >= 4 is 63.4 Å². The number of benzene rings is 3. The molecule has 2 amide bonds. The Morgan fingerprint density at radius 1 is 1.00 bits per heavy atom. The van der Waals surface area contributed by atoms with Crippen molar-refractivity contribution in [2.75, 3.05) is 17.6 Å². The number of nitrogens with zero attached hydrogens (tertiary/aromatic N) is 1. The number of para-hydroxylation sites is 1. The zero-order chi connectivity index (χ0) is 24.9. The number of fused-ring (bicyclic) bond motifs is 1. The first-order chi connectivity index (χ1) is 16.8. The van der Waals surface area contributed by atoms with Crippen LogP contribution >= 0.6 is 35.0 Å². The molecule has 35 heavy (non-hydrogen) atoms. The number of amides is 2. The molecule has 3 aromatic carbocycles. The van der Waals surface area contributed by atoms with E-state index in [4.69, 9.17) is 23.2 Å². The molecule has 4 aromatic rings. The maximum Gasteiger partial charge on any atom is 0.252 e. The highest BCUT2D eigenvalue weighted by Crippen LogP contribution is 2.30. The molecular formula is C27H25Cl2N3O2S. The molecule has 8 heteroatoms. The highest BCUT2D eigenvalue weighted by Gasteiger charge is 2.13. The van der Waals surface area contributed by atoms with E-state index in [1.807, 2.05) is 56.4 Å². The Labute approximate surface area is 218 Å². The summed E-state index contributed by atoms with van der Waals surface area (Å²) in [5.41, 5.74) is 4.47. The van der Waals surface area contributed by atoms with E-state index in [0.29, 0.717) is 34.5 Å². The Morgan fingerprint density at radius 2 is 1.80 bits per heavy atom. The first-order valence-electron chi connectivity index (χ1n) is 11.1. The van der Waals surface area contributed by atoms with Gasteiger partial charge < -0.3 is 15.2 Å². The summed E-state index contributed by atoms with van der Waals surface area (Å²) in [4.78, 5) is 26.1.